The maximum absolute atomic E-state index is 11.6. The number of carbonyl (C=O) groups excluding carboxylic acids is 1. The van der Waals surface area contributed by atoms with Crippen LogP contribution in [0, 0.1) is 12.3 Å². The Labute approximate surface area is 99.4 Å². The summed E-state index contributed by atoms with van der Waals surface area (Å²) >= 11 is 11.5. The SMILES string of the molecule is C#CCCCC(=O)c1ccc(Cl)c(Cl)c1. The van der Waals surface area contributed by atoms with Crippen LogP contribution in [0.15, 0.2) is 18.2 Å². The number of halogens is 2. The molecule has 0 spiro atoms. The van der Waals surface area contributed by atoms with Crippen molar-refractivity contribution < 1.29 is 4.79 Å². The fraction of sp³-hybridized carbons (Fsp3) is 0.250. The van der Waals surface area contributed by atoms with E-state index in [4.69, 9.17) is 29.6 Å². The molecule has 0 saturated carbocycles. The number of rotatable bonds is 4. The van der Waals surface area contributed by atoms with Crippen LogP contribution < -0.4 is 0 Å². The molecule has 0 amide bonds. The van der Waals surface area contributed by atoms with E-state index >= 15 is 0 Å². The molecule has 0 aliphatic heterocycles. The molecule has 0 aromatic heterocycles. The topological polar surface area (TPSA) is 17.1 Å². The summed E-state index contributed by atoms with van der Waals surface area (Å²) in [5.74, 6) is 2.54. The van der Waals surface area contributed by atoms with Gasteiger partial charge in [0, 0.05) is 18.4 Å². The summed E-state index contributed by atoms with van der Waals surface area (Å²) in [5.41, 5.74) is 0.585. The van der Waals surface area contributed by atoms with Crippen molar-refractivity contribution >= 4 is 29.0 Å². The molecular formula is C12H10Cl2O. The summed E-state index contributed by atoms with van der Waals surface area (Å²) in [4.78, 5) is 11.6. The number of unbranched alkanes of at least 4 members (excludes halogenated alkanes) is 1. The van der Waals surface area contributed by atoms with Crippen LogP contribution in [-0.2, 0) is 0 Å². The van der Waals surface area contributed by atoms with E-state index in [1.165, 1.54) is 0 Å². The molecule has 0 unspecified atom stereocenters. The van der Waals surface area contributed by atoms with Gasteiger partial charge in [-0.25, -0.2) is 0 Å². The molecule has 0 heterocycles. The summed E-state index contributed by atoms with van der Waals surface area (Å²) in [6, 6.07) is 4.88. The van der Waals surface area contributed by atoms with Crippen LogP contribution in [0.1, 0.15) is 29.6 Å². The molecule has 0 atom stereocenters. The van der Waals surface area contributed by atoms with Crippen molar-refractivity contribution in [1.82, 2.24) is 0 Å². The van der Waals surface area contributed by atoms with Crippen molar-refractivity contribution in [2.75, 3.05) is 0 Å². The van der Waals surface area contributed by atoms with Crippen molar-refractivity contribution in [3.63, 3.8) is 0 Å². The van der Waals surface area contributed by atoms with Crippen LogP contribution in [0.5, 0.6) is 0 Å². The third kappa shape index (κ3) is 3.58. The number of benzene rings is 1. The summed E-state index contributed by atoms with van der Waals surface area (Å²) < 4.78 is 0. The molecule has 0 aliphatic rings. The highest BCUT2D eigenvalue weighted by atomic mass is 35.5. The second-order valence-electron chi connectivity index (χ2n) is 3.11. The summed E-state index contributed by atoms with van der Waals surface area (Å²) in [6.07, 6.45) is 6.87. The molecule has 1 aromatic carbocycles. The van der Waals surface area contributed by atoms with Gasteiger partial charge in [-0.3, -0.25) is 4.79 Å². The average molecular weight is 241 g/mol. The zero-order valence-electron chi connectivity index (χ0n) is 8.09. The maximum Gasteiger partial charge on any atom is 0.162 e. The Morgan fingerprint density at radius 3 is 2.67 bits per heavy atom. The first kappa shape index (κ1) is 12.1. The molecule has 1 rings (SSSR count). The molecule has 78 valence electrons. The molecule has 0 bridgehead atoms. The maximum atomic E-state index is 11.6. The lowest BCUT2D eigenvalue weighted by Gasteiger charge is -2.01. The zero-order chi connectivity index (χ0) is 11.3. The normalized spacial score (nSPS) is 9.67. The molecular weight excluding hydrogens is 231 g/mol. The highest BCUT2D eigenvalue weighted by Gasteiger charge is 2.07. The minimum Gasteiger partial charge on any atom is -0.294 e. The lowest BCUT2D eigenvalue weighted by atomic mass is 10.1. The number of Topliss-reactive ketones (excluding diaryl/α,β-unsaturated/α-hetero) is 1. The van der Waals surface area contributed by atoms with E-state index in [0.717, 1.165) is 0 Å². The molecule has 0 saturated heterocycles. The summed E-state index contributed by atoms with van der Waals surface area (Å²) in [7, 11) is 0. The number of ketones is 1. The van der Waals surface area contributed by atoms with E-state index in [2.05, 4.69) is 5.92 Å². The van der Waals surface area contributed by atoms with E-state index in [0.29, 0.717) is 34.9 Å². The van der Waals surface area contributed by atoms with Crippen LogP contribution >= 0.6 is 23.2 Å². The standard InChI is InChI=1S/C12H10Cl2O/c1-2-3-4-5-12(15)9-6-7-10(13)11(14)8-9/h1,6-8H,3-5H2. The minimum absolute atomic E-state index is 0.0452. The first-order valence-electron chi connectivity index (χ1n) is 4.57. The Kier molecular flexibility index (Phi) is 4.68. The van der Waals surface area contributed by atoms with Gasteiger partial charge >= 0.3 is 0 Å². The van der Waals surface area contributed by atoms with Crippen LogP contribution in [0.3, 0.4) is 0 Å². The van der Waals surface area contributed by atoms with Gasteiger partial charge in [-0.2, -0.15) is 0 Å². The first-order chi connectivity index (χ1) is 7.15. The zero-order valence-corrected chi connectivity index (χ0v) is 9.61. The van der Waals surface area contributed by atoms with Crippen LogP contribution in [-0.4, -0.2) is 5.78 Å². The van der Waals surface area contributed by atoms with E-state index in [9.17, 15) is 4.79 Å². The molecule has 0 N–H and O–H groups in total. The van der Waals surface area contributed by atoms with E-state index in [-0.39, 0.29) is 5.78 Å². The minimum atomic E-state index is 0.0452. The van der Waals surface area contributed by atoms with Crippen LogP contribution in [0.4, 0.5) is 0 Å². The Morgan fingerprint density at radius 2 is 2.07 bits per heavy atom. The highest BCUT2D eigenvalue weighted by molar-refractivity contribution is 6.42. The quantitative estimate of drug-likeness (QED) is 0.442. The van der Waals surface area contributed by atoms with Gasteiger partial charge in [0.25, 0.3) is 0 Å². The van der Waals surface area contributed by atoms with Gasteiger partial charge in [0.15, 0.2) is 5.78 Å². The van der Waals surface area contributed by atoms with Gasteiger partial charge < -0.3 is 0 Å². The Bertz CT molecular complexity index is 405. The third-order valence-corrected chi connectivity index (χ3v) is 2.71. The first-order valence-corrected chi connectivity index (χ1v) is 5.32. The summed E-state index contributed by atoms with van der Waals surface area (Å²) in [6.45, 7) is 0. The average Bonchev–Trinajstić information content (AvgIpc) is 2.22. The lowest BCUT2D eigenvalue weighted by molar-refractivity contribution is 0.0980. The predicted molar refractivity (Wildman–Crippen MR) is 63.5 cm³/mol. The molecule has 1 nitrogen and oxygen atoms in total. The molecule has 15 heavy (non-hydrogen) atoms. The van der Waals surface area contributed by atoms with Gasteiger partial charge in [0.05, 0.1) is 10.0 Å². The second-order valence-corrected chi connectivity index (χ2v) is 3.92. The predicted octanol–water partition coefficient (Wildman–Crippen LogP) is 3.98. The van der Waals surface area contributed by atoms with E-state index in [1.54, 1.807) is 18.2 Å². The fourth-order valence-corrected chi connectivity index (χ4v) is 1.46. The number of terminal acetylenes is 1. The second kappa shape index (κ2) is 5.80. The Hall–Kier alpha value is -0.970. The summed E-state index contributed by atoms with van der Waals surface area (Å²) in [5, 5.41) is 0.858. The van der Waals surface area contributed by atoms with Gasteiger partial charge in [0.2, 0.25) is 0 Å². The van der Waals surface area contributed by atoms with Crippen molar-refractivity contribution in [2.24, 2.45) is 0 Å². The Morgan fingerprint density at radius 1 is 1.33 bits per heavy atom. The van der Waals surface area contributed by atoms with Gasteiger partial charge in [-0.05, 0) is 24.6 Å². The van der Waals surface area contributed by atoms with Crippen molar-refractivity contribution in [3.8, 4) is 12.3 Å². The van der Waals surface area contributed by atoms with Crippen molar-refractivity contribution in [2.45, 2.75) is 19.3 Å². The molecule has 0 radical (unpaired) electrons. The highest BCUT2D eigenvalue weighted by Crippen LogP contribution is 2.23. The third-order valence-electron chi connectivity index (χ3n) is 1.97. The van der Waals surface area contributed by atoms with Crippen LogP contribution in [0.25, 0.3) is 0 Å². The number of carbonyl (C=O) groups is 1. The number of hydrogen-bond acceptors (Lipinski definition) is 1. The van der Waals surface area contributed by atoms with Gasteiger partial charge in [0.1, 0.15) is 0 Å². The lowest BCUT2D eigenvalue weighted by Crippen LogP contribution is -1.98. The molecule has 0 fully saturated rings. The molecule has 3 heteroatoms. The number of hydrogen-bond donors (Lipinski definition) is 0. The molecule has 0 aliphatic carbocycles. The molecule has 1 aromatic rings. The largest absolute Gasteiger partial charge is 0.294 e. The van der Waals surface area contributed by atoms with Crippen LogP contribution in [0.2, 0.25) is 10.0 Å². The fourth-order valence-electron chi connectivity index (χ4n) is 1.16. The van der Waals surface area contributed by atoms with Crippen molar-refractivity contribution in [1.29, 1.82) is 0 Å². The van der Waals surface area contributed by atoms with Gasteiger partial charge in [-0.1, -0.05) is 23.2 Å². The monoisotopic (exact) mass is 240 g/mol. The smallest absolute Gasteiger partial charge is 0.162 e. The van der Waals surface area contributed by atoms with Crippen molar-refractivity contribution in [3.05, 3.63) is 33.8 Å². The van der Waals surface area contributed by atoms with E-state index < -0.39 is 0 Å². The van der Waals surface area contributed by atoms with E-state index in [1.807, 2.05) is 0 Å². The Balaban J connectivity index is 2.67. The van der Waals surface area contributed by atoms with Gasteiger partial charge in [-0.15, -0.1) is 12.3 Å².